The van der Waals surface area contributed by atoms with Gasteiger partial charge in [-0.1, -0.05) is 12.1 Å². The maximum atomic E-state index is 11.0. The van der Waals surface area contributed by atoms with Crippen molar-refractivity contribution in [2.45, 2.75) is 18.0 Å². The number of aliphatic carboxylic acids is 1. The Morgan fingerprint density at radius 3 is 2.50 bits per heavy atom. The van der Waals surface area contributed by atoms with E-state index in [9.17, 15) is 4.79 Å². The van der Waals surface area contributed by atoms with Crippen molar-refractivity contribution in [1.82, 2.24) is 5.32 Å². The normalized spacial score (nSPS) is 19.2. The van der Waals surface area contributed by atoms with E-state index in [4.69, 9.17) is 19.3 Å². The summed E-state index contributed by atoms with van der Waals surface area (Å²) in [5.74, 6) is 1.97. The Morgan fingerprint density at radius 2 is 1.88 bits per heavy atom. The second kappa shape index (κ2) is 8.33. The predicted octanol–water partition coefficient (Wildman–Crippen LogP) is 3.07. The lowest BCUT2D eigenvalue weighted by Gasteiger charge is -2.14. The van der Waals surface area contributed by atoms with E-state index >= 15 is 0 Å². The third kappa shape index (κ3) is 4.23. The molecule has 3 rings (SSSR count). The third-order valence-electron chi connectivity index (χ3n) is 4.14. The van der Waals surface area contributed by atoms with Crippen LogP contribution in [0.5, 0.6) is 17.2 Å². The maximum Gasteiger partial charge on any atom is 0.321 e. The molecule has 0 spiro atoms. The number of benzene rings is 2. The Morgan fingerprint density at radius 1 is 1.15 bits per heavy atom. The van der Waals surface area contributed by atoms with E-state index in [0.717, 1.165) is 28.4 Å². The van der Waals surface area contributed by atoms with Gasteiger partial charge in [-0.05, 0) is 35.9 Å². The molecule has 0 aromatic heterocycles. The standard InChI is InChI=1S/C19H21NO5S/c1-23-15-7-8-17(24-2)13(9-15)10-25-14-5-3-12(4-6-14)18-20-16(11-26-18)19(21)22/h3-9,16,18,20H,10-11H2,1-2H3,(H,21,22)/t16-,18-/m0/s1. The van der Waals surface area contributed by atoms with Gasteiger partial charge in [0.05, 0.1) is 19.6 Å². The maximum absolute atomic E-state index is 11.0. The molecule has 6 nitrogen and oxygen atoms in total. The van der Waals surface area contributed by atoms with Crippen LogP contribution in [0.15, 0.2) is 42.5 Å². The molecule has 1 fully saturated rings. The van der Waals surface area contributed by atoms with Crippen molar-refractivity contribution in [1.29, 1.82) is 0 Å². The van der Waals surface area contributed by atoms with Crippen LogP contribution in [0.25, 0.3) is 0 Å². The van der Waals surface area contributed by atoms with Gasteiger partial charge in [0, 0.05) is 11.3 Å². The lowest BCUT2D eigenvalue weighted by molar-refractivity contribution is -0.138. The fraction of sp³-hybridized carbons (Fsp3) is 0.316. The molecule has 0 aliphatic carbocycles. The first-order valence-electron chi connectivity index (χ1n) is 8.15. The van der Waals surface area contributed by atoms with E-state index in [0.29, 0.717) is 12.4 Å². The second-order valence-corrected chi connectivity index (χ2v) is 6.94. The number of rotatable bonds is 7. The molecule has 0 radical (unpaired) electrons. The summed E-state index contributed by atoms with van der Waals surface area (Å²) in [6, 6.07) is 12.8. The monoisotopic (exact) mass is 375 g/mol. The Labute approximate surface area is 156 Å². The van der Waals surface area contributed by atoms with Crippen LogP contribution in [0.4, 0.5) is 0 Å². The number of carboxylic acids is 1. The summed E-state index contributed by atoms with van der Waals surface area (Å²) < 4.78 is 16.5. The number of hydrogen-bond donors (Lipinski definition) is 2. The average molecular weight is 375 g/mol. The van der Waals surface area contributed by atoms with Gasteiger partial charge < -0.3 is 19.3 Å². The number of methoxy groups -OCH3 is 2. The lowest BCUT2D eigenvalue weighted by atomic mass is 10.2. The Balaban J connectivity index is 1.63. The summed E-state index contributed by atoms with van der Waals surface area (Å²) in [6.45, 7) is 0.358. The van der Waals surface area contributed by atoms with E-state index in [2.05, 4.69) is 5.32 Å². The fourth-order valence-electron chi connectivity index (χ4n) is 2.70. The van der Waals surface area contributed by atoms with Crippen LogP contribution in [0, 0.1) is 0 Å². The van der Waals surface area contributed by atoms with Crippen LogP contribution in [-0.2, 0) is 11.4 Å². The zero-order valence-electron chi connectivity index (χ0n) is 14.6. The molecule has 0 amide bonds. The highest BCUT2D eigenvalue weighted by molar-refractivity contribution is 7.99. The van der Waals surface area contributed by atoms with Crippen molar-refractivity contribution in [3.05, 3.63) is 53.6 Å². The average Bonchev–Trinajstić information content (AvgIpc) is 3.17. The van der Waals surface area contributed by atoms with Crippen LogP contribution in [0.2, 0.25) is 0 Å². The first-order valence-corrected chi connectivity index (χ1v) is 9.19. The SMILES string of the molecule is COc1ccc(OC)c(COc2ccc([C@H]3N[C@H](C(=O)O)CS3)cc2)c1. The number of ether oxygens (including phenoxy) is 3. The topological polar surface area (TPSA) is 77.0 Å². The van der Waals surface area contributed by atoms with Gasteiger partial charge in [-0.25, -0.2) is 0 Å². The first kappa shape index (κ1) is 18.4. The third-order valence-corrected chi connectivity index (χ3v) is 5.41. The van der Waals surface area contributed by atoms with Gasteiger partial charge in [-0.2, -0.15) is 0 Å². The highest BCUT2D eigenvalue weighted by atomic mass is 32.2. The van der Waals surface area contributed by atoms with Gasteiger partial charge in [0.15, 0.2) is 0 Å². The van der Waals surface area contributed by atoms with Crippen molar-refractivity contribution in [2.24, 2.45) is 0 Å². The molecule has 1 aliphatic rings. The summed E-state index contributed by atoms with van der Waals surface area (Å²) >= 11 is 1.59. The fourth-order valence-corrected chi connectivity index (χ4v) is 3.93. The molecule has 2 aromatic rings. The number of carbonyl (C=O) groups is 1. The zero-order valence-corrected chi connectivity index (χ0v) is 15.4. The van der Waals surface area contributed by atoms with Crippen LogP contribution in [0.3, 0.4) is 0 Å². The zero-order chi connectivity index (χ0) is 18.5. The smallest absolute Gasteiger partial charge is 0.321 e. The number of nitrogens with one attached hydrogen (secondary N) is 1. The quantitative estimate of drug-likeness (QED) is 0.770. The van der Waals surface area contributed by atoms with E-state index in [1.165, 1.54) is 0 Å². The molecule has 2 N–H and O–H groups in total. The first-order chi connectivity index (χ1) is 12.6. The number of hydrogen-bond acceptors (Lipinski definition) is 6. The van der Waals surface area contributed by atoms with Gasteiger partial charge in [0.2, 0.25) is 0 Å². The highest BCUT2D eigenvalue weighted by Gasteiger charge is 2.30. The molecular formula is C19H21NO5S. The Kier molecular flexibility index (Phi) is 5.90. The number of carboxylic acid groups (broad SMARTS) is 1. The van der Waals surface area contributed by atoms with E-state index in [1.54, 1.807) is 26.0 Å². The summed E-state index contributed by atoms with van der Waals surface area (Å²) in [4.78, 5) is 11.0. The van der Waals surface area contributed by atoms with Crippen molar-refractivity contribution in [2.75, 3.05) is 20.0 Å². The minimum atomic E-state index is -0.813. The molecule has 7 heteroatoms. The molecule has 1 heterocycles. The van der Waals surface area contributed by atoms with Crippen molar-refractivity contribution in [3.8, 4) is 17.2 Å². The minimum Gasteiger partial charge on any atom is -0.497 e. The van der Waals surface area contributed by atoms with Crippen molar-refractivity contribution in [3.63, 3.8) is 0 Å². The van der Waals surface area contributed by atoms with E-state index in [1.807, 2.05) is 42.5 Å². The Bertz CT molecular complexity index is 765. The summed E-state index contributed by atoms with van der Waals surface area (Å²) in [5.41, 5.74) is 1.93. The molecular weight excluding hydrogens is 354 g/mol. The molecule has 0 bridgehead atoms. The summed E-state index contributed by atoms with van der Waals surface area (Å²) in [7, 11) is 3.24. The molecule has 2 atom stereocenters. The molecule has 1 aliphatic heterocycles. The second-order valence-electron chi connectivity index (χ2n) is 5.81. The van der Waals surface area contributed by atoms with Gasteiger partial charge in [0.25, 0.3) is 0 Å². The van der Waals surface area contributed by atoms with Gasteiger partial charge in [-0.3, -0.25) is 10.1 Å². The van der Waals surface area contributed by atoms with Crippen LogP contribution >= 0.6 is 11.8 Å². The van der Waals surface area contributed by atoms with E-state index < -0.39 is 12.0 Å². The molecule has 26 heavy (non-hydrogen) atoms. The van der Waals surface area contributed by atoms with Crippen LogP contribution in [0.1, 0.15) is 16.5 Å². The molecule has 0 saturated carbocycles. The lowest BCUT2D eigenvalue weighted by Crippen LogP contribution is -2.33. The minimum absolute atomic E-state index is 0.0105. The van der Waals surface area contributed by atoms with Gasteiger partial charge in [-0.15, -0.1) is 11.8 Å². The van der Waals surface area contributed by atoms with Crippen LogP contribution in [-0.4, -0.2) is 37.1 Å². The van der Waals surface area contributed by atoms with Crippen molar-refractivity contribution < 1.29 is 24.1 Å². The summed E-state index contributed by atoms with van der Waals surface area (Å²) in [5, 5.41) is 12.2. The Hall–Kier alpha value is -2.38. The van der Waals surface area contributed by atoms with Crippen LogP contribution < -0.4 is 19.5 Å². The largest absolute Gasteiger partial charge is 0.497 e. The number of thioether (sulfide) groups is 1. The highest BCUT2D eigenvalue weighted by Crippen LogP contribution is 2.33. The molecule has 2 aromatic carbocycles. The molecule has 1 saturated heterocycles. The molecule has 138 valence electrons. The summed E-state index contributed by atoms with van der Waals surface area (Å²) in [6.07, 6.45) is 0. The molecule has 0 unspecified atom stereocenters. The predicted molar refractivity (Wildman–Crippen MR) is 100 cm³/mol. The van der Waals surface area contributed by atoms with Crippen molar-refractivity contribution >= 4 is 17.7 Å². The van der Waals surface area contributed by atoms with Gasteiger partial charge in [0.1, 0.15) is 29.9 Å². The van der Waals surface area contributed by atoms with Gasteiger partial charge >= 0.3 is 5.97 Å². The van der Waals surface area contributed by atoms with E-state index in [-0.39, 0.29) is 5.37 Å².